The van der Waals surface area contributed by atoms with Crippen molar-refractivity contribution >= 4 is 69.5 Å². The fraction of sp³-hybridized carbons (Fsp3) is 0.238. The van der Waals surface area contributed by atoms with E-state index < -0.39 is 29.6 Å². The summed E-state index contributed by atoms with van der Waals surface area (Å²) in [6.45, 7) is 3.60. The van der Waals surface area contributed by atoms with Crippen molar-refractivity contribution in [1.82, 2.24) is 4.90 Å². The lowest BCUT2D eigenvalue weighted by atomic mass is 10.2. The molecule has 0 bridgehead atoms. The highest BCUT2D eigenvalue weighted by molar-refractivity contribution is 8.18. The number of nitrogens with zero attached hydrogens (tertiary/aromatic N) is 1. The lowest BCUT2D eigenvalue weighted by Crippen LogP contribution is -2.36. The maximum atomic E-state index is 12.6. The number of hydrogen-bond acceptors (Lipinski definition) is 7. The molecule has 0 atom stereocenters. The molecule has 1 aromatic carbocycles. The third-order valence-electron chi connectivity index (χ3n) is 4.25. The van der Waals surface area contributed by atoms with Crippen molar-refractivity contribution in [2.24, 2.45) is 0 Å². The highest BCUT2D eigenvalue weighted by Crippen LogP contribution is 2.33. The number of carbonyl (C=O) groups is 4. The number of imide groups is 1. The number of halogens is 1. The first kappa shape index (κ1) is 23.1. The van der Waals surface area contributed by atoms with E-state index in [-0.39, 0.29) is 22.1 Å². The molecule has 10 heteroatoms. The van der Waals surface area contributed by atoms with E-state index >= 15 is 0 Å². The van der Waals surface area contributed by atoms with Gasteiger partial charge in [-0.1, -0.05) is 18.5 Å². The molecule has 1 fully saturated rings. The van der Waals surface area contributed by atoms with E-state index in [4.69, 9.17) is 16.3 Å². The van der Waals surface area contributed by atoms with Crippen LogP contribution in [-0.4, -0.2) is 41.1 Å². The molecular formula is C21H19ClN2O5S2. The zero-order valence-electron chi connectivity index (χ0n) is 16.8. The molecule has 3 amide bonds. The monoisotopic (exact) mass is 478 g/mol. The average molecular weight is 479 g/mol. The summed E-state index contributed by atoms with van der Waals surface area (Å²) in [5.74, 6) is -1.69. The first-order valence-corrected chi connectivity index (χ1v) is 11.4. The van der Waals surface area contributed by atoms with E-state index in [1.54, 1.807) is 6.08 Å². The fourth-order valence-corrected chi connectivity index (χ4v) is 4.61. The summed E-state index contributed by atoms with van der Waals surface area (Å²) in [6, 6.07) is 6.30. The van der Waals surface area contributed by atoms with Crippen molar-refractivity contribution in [3.63, 3.8) is 0 Å². The molecule has 3 rings (SSSR count). The molecule has 162 valence electrons. The minimum absolute atomic E-state index is 0.119. The number of carbonyl (C=O) groups excluding carboxylic acids is 4. The van der Waals surface area contributed by atoms with Gasteiger partial charge in [0.1, 0.15) is 6.54 Å². The van der Waals surface area contributed by atoms with Gasteiger partial charge in [0.25, 0.3) is 11.1 Å². The number of ether oxygens (including phenoxy) is 1. The van der Waals surface area contributed by atoms with E-state index in [0.29, 0.717) is 12.1 Å². The van der Waals surface area contributed by atoms with Crippen molar-refractivity contribution in [2.75, 3.05) is 18.5 Å². The van der Waals surface area contributed by atoms with Crippen LogP contribution in [0.25, 0.3) is 6.08 Å². The summed E-state index contributed by atoms with van der Waals surface area (Å²) in [7, 11) is 0. The van der Waals surface area contributed by atoms with Crippen LogP contribution in [0, 0.1) is 6.92 Å². The number of thiophene rings is 1. The van der Waals surface area contributed by atoms with Gasteiger partial charge in [-0.3, -0.25) is 19.3 Å². The Morgan fingerprint density at radius 1 is 1.26 bits per heavy atom. The van der Waals surface area contributed by atoms with Crippen LogP contribution in [0.15, 0.2) is 34.6 Å². The summed E-state index contributed by atoms with van der Waals surface area (Å²) in [4.78, 5) is 51.4. The maximum Gasteiger partial charge on any atom is 0.339 e. The predicted octanol–water partition coefficient (Wildman–Crippen LogP) is 4.95. The fourth-order valence-electron chi connectivity index (χ4n) is 2.66. The maximum absolute atomic E-state index is 12.6. The molecule has 1 aliphatic rings. The number of thioether (sulfide) groups is 1. The van der Waals surface area contributed by atoms with Crippen LogP contribution in [-0.2, 0) is 14.3 Å². The van der Waals surface area contributed by atoms with Crippen LogP contribution in [0.5, 0.6) is 0 Å². The number of esters is 1. The Bertz CT molecular complexity index is 1080. The first-order valence-electron chi connectivity index (χ1n) is 9.36. The molecule has 31 heavy (non-hydrogen) atoms. The third-order valence-corrected chi connectivity index (χ3v) is 6.45. The van der Waals surface area contributed by atoms with Crippen LogP contribution in [0.4, 0.5) is 10.5 Å². The van der Waals surface area contributed by atoms with Gasteiger partial charge in [-0.15, -0.1) is 11.3 Å². The minimum Gasteiger partial charge on any atom is -0.462 e. The van der Waals surface area contributed by atoms with E-state index in [2.05, 4.69) is 5.32 Å². The molecule has 2 aromatic rings. The van der Waals surface area contributed by atoms with Crippen LogP contribution in [0.2, 0.25) is 5.02 Å². The average Bonchev–Trinajstić information content (AvgIpc) is 3.25. The second kappa shape index (κ2) is 10.1. The number of anilines is 1. The Kier molecular flexibility index (Phi) is 7.53. The summed E-state index contributed by atoms with van der Waals surface area (Å²) < 4.78 is 5.08. The molecular weight excluding hydrogens is 460 g/mol. The van der Waals surface area contributed by atoms with Crippen molar-refractivity contribution in [1.29, 1.82) is 0 Å². The number of rotatable bonds is 7. The van der Waals surface area contributed by atoms with Gasteiger partial charge in [-0.2, -0.15) is 0 Å². The van der Waals surface area contributed by atoms with Crippen molar-refractivity contribution in [3.05, 3.63) is 55.6 Å². The molecule has 0 radical (unpaired) electrons. The number of hydrogen-bond donors (Lipinski definition) is 1. The van der Waals surface area contributed by atoms with Crippen molar-refractivity contribution < 1.29 is 23.9 Å². The minimum atomic E-state index is -0.595. The Balaban J connectivity index is 1.67. The van der Waals surface area contributed by atoms with Gasteiger partial charge in [0.05, 0.1) is 22.1 Å². The highest BCUT2D eigenvalue weighted by atomic mass is 35.5. The van der Waals surface area contributed by atoms with Crippen molar-refractivity contribution in [2.45, 2.75) is 20.3 Å². The summed E-state index contributed by atoms with van der Waals surface area (Å²) >= 11 is 8.31. The van der Waals surface area contributed by atoms with Gasteiger partial charge < -0.3 is 10.1 Å². The molecule has 1 aromatic heterocycles. The quantitative estimate of drug-likeness (QED) is 0.447. The van der Waals surface area contributed by atoms with Gasteiger partial charge in [0, 0.05) is 10.6 Å². The SMILES string of the molecule is CCCOC(=O)c1cc(NC(=O)CN2C(=O)S/C(=C/c3sccc3C)C2=O)ccc1Cl. The van der Waals surface area contributed by atoms with Crippen LogP contribution >= 0.6 is 34.7 Å². The Hall–Kier alpha value is -2.62. The third kappa shape index (κ3) is 5.55. The zero-order chi connectivity index (χ0) is 22.5. The standard InChI is InChI=1S/C21H19ClN2O5S2/c1-3-7-29-20(27)14-9-13(4-5-15(14)22)23-18(25)11-24-19(26)17(31-21(24)28)10-16-12(2)6-8-30-16/h4-6,8-10H,3,7,11H2,1-2H3,(H,23,25)/b17-10+. The topological polar surface area (TPSA) is 92.8 Å². The van der Waals surface area contributed by atoms with Gasteiger partial charge in [0.2, 0.25) is 5.91 Å². The smallest absolute Gasteiger partial charge is 0.339 e. The summed E-state index contributed by atoms with van der Waals surface area (Å²) in [6.07, 6.45) is 2.33. The zero-order valence-corrected chi connectivity index (χ0v) is 19.2. The number of nitrogens with one attached hydrogen (secondary N) is 1. The lowest BCUT2D eigenvalue weighted by Gasteiger charge is -2.13. The van der Waals surface area contributed by atoms with Crippen LogP contribution < -0.4 is 5.32 Å². The van der Waals surface area contributed by atoms with Crippen LogP contribution in [0.3, 0.4) is 0 Å². The van der Waals surface area contributed by atoms with Crippen LogP contribution in [0.1, 0.15) is 34.1 Å². The Morgan fingerprint density at radius 3 is 2.71 bits per heavy atom. The second-order valence-electron chi connectivity index (χ2n) is 6.61. The Morgan fingerprint density at radius 2 is 2.03 bits per heavy atom. The van der Waals surface area contributed by atoms with Gasteiger partial charge in [-0.05, 0) is 66.4 Å². The first-order chi connectivity index (χ1) is 14.8. The molecule has 1 N–H and O–H groups in total. The van der Waals surface area contributed by atoms with E-state index in [0.717, 1.165) is 27.1 Å². The van der Waals surface area contributed by atoms with Gasteiger partial charge in [0.15, 0.2) is 0 Å². The predicted molar refractivity (Wildman–Crippen MR) is 122 cm³/mol. The normalized spacial score (nSPS) is 14.9. The van der Waals surface area contributed by atoms with E-state index in [1.807, 2.05) is 25.3 Å². The highest BCUT2D eigenvalue weighted by Gasteiger charge is 2.36. The largest absolute Gasteiger partial charge is 0.462 e. The summed E-state index contributed by atoms with van der Waals surface area (Å²) in [5, 5.41) is 4.16. The molecule has 1 saturated heterocycles. The molecule has 1 aliphatic heterocycles. The molecule has 2 heterocycles. The number of benzene rings is 1. The molecule has 7 nitrogen and oxygen atoms in total. The molecule has 0 saturated carbocycles. The second-order valence-corrected chi connectivity index (χ2v) is 8.96. The van der Waals surface area contributed by atoms with Gasteiger partial charge in [-0.25, -0.2) is 4.79 Å². The Labute approximate surface area is 192 Å². The molecule has 0 spiro atoms. The lowest BCUT2D eigenvalue weighted by molar-refractivity contribution is -0.127. The van der Waals surface area contributed by atoms with Gasteiger partial charge >= 0.3 is 5.97 Å². The van der Waals surface area contributed by atoms with E-state index in [9.17, 15) is 19.2 Å². The molecule has 0 unspecified atom stereocenters. The number of aryl methyl sites for hydroxylation is 1. The number of amides is 3. The van der Waals surface area contributed by atoms with Crippen molar-refractivity contribution in [3.8, 4) is 0 Å². The summed E-state index contributed by atoms with van der Waals surface area (Å²) in [5.41, 5.74) is 1.42. The molecule has 0 aliphatic carbocycles. The van der Waals surface area contributed by atoms with E-state index in [1.165, 1.54) is 29.5 Å².